The van der Waals surface area contributed by atoms with E-state index < -0.39 is 84.2 Å². The van der Waals surface area contributed by atoms with E-state index in [2.05, 4.69) is 16.0 Å². The van der Waals surface area contributed by atoms with E-state index in [1.807, 2.05) is 12.1 Å². The lowest BCUT2D eigenvalue weighted by molar-refractivity contribution is -0.267. The van der Waals surface area contributed by atoms with E-state index in [-0.39, 0.29) is 62.2 Å². The Balaban J connectivity index is 1.59. The van der Waals surface area contributed by atoms with Crippen LogP contribution in [-0.2, 0) is 55.8 Å². The minimum absolute atomic E-state index is 0.0288. The number of aliphatic hydroxyl groups excluding tert-OH is 2. The standard InChI is InChI=1S/C44H65N5O13/c1-26(2)30(25-34(52)39-38(56)37(55)31(41(60-6)61-39)24-29(50)11-8-7-9-22-49-35(53)17-18-36(49)54)40(57)48-32(12-10-20-46-42(45)58)33(51)23-28-15-13-27(14-16-28)19-21-47-43(59)62-44(3,4)5/h13-18,26,30-32,37-39,41,55-56H,7-12,19-25H2,1-6H3,(H,47,59)(H,48,57)(H3,45,46,58)/t30-,31?,32?,37-,38+,39-,41?/m1/s1. The minimum atomic E-state index is -1.73. The number of benzene rings is 1. The van der Waals surface area contributed by atoms with Gasteiger partial charge >= 0.3 is 12.1 Å². The first kappa shape index (κ1) is 51.3. The molecule has 18 heteroatoms. The summed E-state index contributed by atoms with van der Waals surface area (Å²) in [4.78, 5) is 102. The van der Waals surface area contributed by atoms with Crippen LogP contribution in [0.1, 0.15) is 97.1 Å². The smallest absolute Gasteiger partial charge is 0.407 e. The van der Waals surface area contributed by atoms with Crippen molar-refractivity contribution in [2.45, 2.75) is 135 Å². The van der Waals surface area contributed by atoms with Gasteiger partial charge in [0.05, 0.1) is 12.1 Å². The van der Waals surface area contributed by atoms with E-state index in [1.54, 1.807) is 46.8 Å². The molecule has 3 rings (SSSR count). The number of nitrogens with two attached hydrogens (primary N) is 1. The predicted molar refractivity (Wildman–Crippen MR) is 225 cm³/mol. The van der Waals surface area contributed by atoms with Crippen LogP contribution < -0.4 is 21.7 Å². The Morgan fingerprint density at radius 1 is 0.887 bits per heavy atom. The maximum absolute atomic E-state index is 13.8. The SMILES string of the molecule is COC1O[C@H](C(=O)C[C@@H](C(=O)NC(CCCNC(N)=O)C(=O)Cc2ccc(CCNC(=O)OC(C)(C)C)cc2)C(C)C)[C@@H](O)[C@H](O)C1CC(=O)CCCCCN1C(=O)C=CC1=O. The van der Waals surface area contributed by atoms with Crippen molar-refractivity contribution in [1.82, 2.24) is 20.9 Å². The van der Waals surface area contributed by atoms with Gasteiger partial charge in [-0.1, -0.05) is 44.5 Å². The van der Waals surface area contributed by atoms with Crippen LogP contribution >= 0.6 is 0 Å². The molecule has 0 aliphatic carbocycles. The number of ketones is 3. The number of ether oxygens (including phenoxy) is 3. The molecule has 18 nitrogen and oxygen atoms in total. The number of imide groups is 1. The molecule has 0 bridgehead atoms. The Labute approximate surface area is 363 Å². The number of primary amides is 1. The number of nitrogens with zero attached hydrogens (tertiary/aromatic N) is 1. The Hall–Kier alpha value is -5.04. The van der Waals surface area contributed by atoms with Gasteiger partial charge in [-0.2, -0.15) is 0 Å². The van der Waals surface area contributed by atoms with Crippen molar-refractivity contribution in [3.05, 3.63) is 47.5 Å². The van der Waals surface area contributed by atoms with Crippen LogP contribution in [0.3, 0.4) is 0 Å². The Morgan fingerprint density at radius 3 is 2.13 bits per heavy atom. The molecule has 7 N–H and O–H groups in total. The molecule has 0 spiro atoms. The zero-order valence-corrected chi connectivity index (χ0v) is 36.7. The van der Waals surface area contributed by atoms with Crippen LogP contribution in [0.15, 0.2) is 36.4 Å². The Bertz CT molecular complexity index is 1740. The second-order valence-electron chi connectivity index (χ2n) is 17.2. The number of Topliss-reactive ketones (excluding diaryl/α,β-unsaturated/α-hetero) is 3. The van der Waals surface area contributed by atoms with Gasteiger partial charge in [0.25, 0.3) is 11.8 Å². The summed E-state index contributed by atoms with van der Waals surface area (Å²) in [6.45, 7) is 9.52. The highest BCUT2D eigenvalue weighted by atomic mass is 16.7. The lowest BCUT2D eigenvalue weighted by atomic mass is 9.82. The molecule has 6 amide bonds. The zero-order chi connectivity index (χ0) is 46.1. The molecule has 0 aromatic heterocycles. The Morgan fingerprint density at radius 2 is 1.53 bits per heavy atom. The van der Waals surface area contributed by atoms with Crippen LogP contribution in [0.2, 0.25) is 0 Å². The highest BCUT2D eigenvalue weighted by Crippen LogP contribution is 2.32. The van der Waals surface area contributed by atoms with Crippen molar-refractivity contribution in [3.63, 3.8) is 0 Å². The van der Waals surface area contributed by atoms with Crippen molar-refractivity contribution in [1.29, 1.82) is 0 Å². The molecule has 0 saturated carbocycles. The molecule has 7 atom stereocenters. The predicted octanol–water partition coefficient (Wildman–Crippen LogP) is 2.18. The van der Waals surface area contributed by atoms with Crippen LogP contribution in [0.5, 0.6) is 0 Å². The average Bonchev–Trinajstić information content (AvgIpc) is 3.51. The van der Waals surface area contributed by atoms with E-state index in [0.29, 0.717) is 44.2 Å². The van der Waals surface area contributed by atoms with Gasteiger partial charge < -0.3 is 46.1 Å². The molecule has 2 aliphatic heterocycles. The molecule has 1 aromatic carbocycles. The number of methoxy groups -OCH3 is 1. The van der Waals surface area contributed by atoms with Gasteiger partial charge in [0.1, 0.15) is 23.6 Å². The average molecular weight is 872 g/mol. The van der Waals surface area contributed by atoms with Gasteiger partial charge in [0.2, 0.25) is 5.91 Å². The quantitative estimate of drug-likeness (QED) is 0.0609. The molecule has 2 aliphatic rings. The number of amides is 6. The van der Waals surface area contributed by atoms with E-state index in [1.165, 1.54) is 19.3 Å². The number of rotatable bonds is 25. The third kappa shape index (κ3) is 16.7. The fourth-order valence-electron chi connectivity index (χ4n) is 7.26. The molecule has 1 aromatic rings. The molecule has 62 heavy (non-hydrogen) atoms. The molecular weight excluding hydrogens is 807 g/mol. The molecule has 2 heterocycles. The Kier molecular flexibility index (Phi) is 20.3. The van der Waals surface area contributed by atoms with Crippen LogP contribution in [0.4, 0.5) is 9.59 Å². The lowest BCUT2D eigenvalue weighted by Gasteiger charge is -2.41. The number of alkyl carbamates (subject to hydrolysis) is 1. The van der Waals surface area contributed by atoms with Crippen LogP contribution in [0.25, 0.3) is 0 Å². The first-order valence-corrected chi connectivity index (χ1v) is 21.2. The summed E-state index contributed by atoms with van der Waals surface area (Å²) in [6.07, 6.45) is -2.17. The molecular formula is C44H65N5O13. The molecule has 1 fully saturated rings. The highest BCUT2D eigenvalue weighted by Gasteiger charge is 2.48. The maximum Gasteiger partial charge on any atom is 0.407 e. The summed E-state index contributed by atoms with van der Waals surface area (Å²) in [5.74, 6) is -4.93. The number of nitrogens with one attached hydrogen (secondary N) is 3. The molecule has 1 saturated heterocycles. The number of hydrogen-bond acceptors (Lipinski definition) is 13. The third-order valence-electron chi connectivity index (χ3n) is 10.7. The summed E-state index contributed by atoms with van der Waals surface area (Å²) in [5.41, 5.74) is 6.18. The monoisotopic (exact) mass is 871 g/mol. The van der Waals surface area contributed by atoms with Gasteiger partial charge in [0.15, 0.2) is 17.9 Å². The van der Waals surface area contributed by atoms with Crippen molar-refractivity contribution >= 4 is 47.2 Å². The number of unbranched alkanes of at least 4 members (excludes halogenated alkanes) is 2. The largest absolute Gasteiger partial charge is 0.444 e. The summed E-state index contributed by atoms with van der Waals surface area (Å²) in [5, 5.41) is 30.2. The summed E-state index contributed by atoms with van der Waals surface area (Å²) in [7, 11) is 1.28. The van der Waals surface area contributed by atoms with Gasteiger partial charge in [-0.25, -0.2) is 9.59 Å². The molecule has 344 valence electrons. The van der Waals surface area contributed by atoms with Crippen molar-refractivity contribution < 1.29 is 62.8 Å². The zero-order valence-electron chi connectivity index (χ0n) is 36.7. The van der Waals surface area contributed by atoms with E-state index >= 15 is 0 Å². The fourth-order valence-corrected chi connectivity index (χ4v) is 7.26. The second kappa shape index (κ2) is 24.6. The first-order chi connectivity index (χ1) is 29.2. The van der Waals surface area contributed by atoms with Gasteiger partial charge in [0, 0.05) is 76.4 Å². The number of carbonyl (C=O) groups is 8. The normalized spacial score (nSPS) is 21.0. The highest BCUT2D eigenvalue weighted by molar-refractivity contribution is 6.12. The number of aliphatic hydroxyl groups is 2. The van der Waals surface area contributed by atoms with Crippen molar-refractivity contribution in [2.75, 3.05) is 26.7 Å². The van der Waals surface area contributed by atoms with Gasteiger partial charge in [-0.05, 0) is 69.9 Å². The summed E-state index contributed by atoms with van der Waals surface area (Å²) < 4.78 is 16.5. The van der Waals surface area contributed by atoms with Crippen molar-refractivity contribution in [2.24, 2.45) is 23.5 Å². The van der Waals surface area contributed by atoms with Crippen LogP contribution in [0, 0.1) is 17.8 Å². The second-order valence-corrected chi connectivity index (χ2v) is 17.2. The van der Waals surface area contributed by atoms with Crippen LogP contribution in [-0.4, -0.2) is 125 Å². The topological polar surface area (TPSA) is 270 Å². The number of urea groups is 1. The minimum Gasteiger partial charge on any atom is -0.444 e. The van der Waals surface area contributed by atoms with Crippen molar-refractivity contribution in [3.8, 4) is 0 Å². The maximum atomic E-state index is 13.8. The van der Waals surface area contributed by atoms with Gasteiger partial charge in [-0.15, -0.1) is 0 Å². The summed E-state index contributed by atoms with van der Waals surface area (Å²) in [6, 6.07) is 5.52. The third-order valence-corrected chi connectivity index (χ3v) is 10.7. The molecule has 3 unspecified atom stereocenters. The van der Waals surface area contributed by atoms with E-state index in [9.17, 15) is 48.6 Å². The lowest BCUT2D eigenvalue weighted by Crippen LogP contribution is -2.58. The van der Waals surface area contributed by atoms with Gasteiger partial charge in [-0.3, -0.25) is 33.7 Å². The first-order valence-electron chi connectivity index (χ1n) is 21.2. The summed E-state index contributed by atoms with van der Waals surface area (Å²) >= 11 is 0. The fraction of sp³-hybridized carbons (Fsp3) is 0.636. The number of hydrogen-bond donors (Lipinski definition) is 6. The number of carbonyl (C=O) groups excluding carboxylic acids is 8. The molecule has 0 radical (unpaired) electrons. The van der Waals surface area contributed by atoms with E-state index in [0.717, 1.165) is 10.5 Å². The van der Waals surface area contributed by atoms with E-state index in [4.69, 9.17) is 19.9 Å².